The second-order valence-corrected chi connectivity index (χ2v) is 5.30. The van der Waals surface area contributed by atoms with Crippen molar-refractivity contribution in [3.63, 3.8) is 0 Å². The largest absolute Gasteiger partial charge is 0.374 e. The van der Waals surface area contributed by atoms with Crippen LogP contribution in [0, 0.1) is 0 Å². The van der Waals surface area contributed by atoms with Gasteiger partial charge in [0.25, 0.3) is 6.43 Å². The number of hydrogen-bond acceptors (Lipinski definition) is 2. The third-order valence-electron chi connectivity index (χ3n) is 3.85. The molecule has 0 bridgehead atoms. The standard InChI is InChI=1S/C15H17F2N3.2C2H6/c1-19-5-3-4-10-6-12(11-8-18-20(2)9-11)13(15(16)17)7-14(10)19;2*1-2/h6-9,15H,3-5H2,1-2H3;2*1-2H3. The van der Waals surface area contributed by atoms with Crippen LogP contribution >= 0.6 is 0 Å². The van der Waals surface area contributed by atoms with E-state index in [-0.39, 0.29) is 5.56 Å². The lowest BCUT2D eigenvalue weighted by Crippen LogP contribution is -2.25. The highest BCUT2D eigenvalue weighted by Crippen LogP contribution is 2.38. The summed E-state index contributed by atoms with van der Waals surface area (Å²) in [5.41, 5.74) is 3.51. The Morgan fingerprint density at radius 3 is 2.29 bits per heavy atom. The summed E-state index contributed by atoms with van der Waals surface area (Å²) in [5, 5.41) is 4.08. The third kappa shape index (κ3) is 4.34. The Morgan fingerprint density at radius 1 is 1.08 bits per heavy atom. The number of rotatable bonds is 2. The van der Waals surface area contributed by atoms with E-state index in [1.54, 1.807) is 30.2 Å². The maximum absolute atomic E-state index is 13.4. The molecule has 134 valence electrons. The first-order valence-electron chi connectivity index (χ1n) is 8.71. The van der Waals surface area contributed by atoms with E-state index < -0.39 is 6.43 Å². The summed E-state index contributed by atoms with van der Waals surface area (Å²) in [4.78, 5) is 2.05. The topological polar surface area (TPSA) is 21.1 Å². The second kappa shape index (κ2) is 9.40. The number of aryl methyl sites for hydroxylation is 2. The maximum atomic E-state index is 13.4. The molecule has 0 saturated heterocycles. The van der Waals surface area contributed by atoms with Gasteiger partial charge in [-0.1, -0.05) is 27.7 Å². The van der Waals surface area contributed by atoms with E-state index >= 15 is 0 Å². The average molecular weight is 337 g/mol. The van der Waals surface area contributed by atoms with Crippen LogP contribution in [0.3, 0.4) is 0 Å². The molecule has 0 atom stereocenters. The third-order valence-corrected chi connectivity index (χ3v) is 3.85. The lowest BCUT2D eigenvalue weighted by molar-refractivity contribution is 0.152. The molecule has 1 aromatic carbocycles. The summed E-state index contributed by atoms with van der Waals surface area (Å²) >= 11 is 0. The van der Waals surface area contributed by atoms with Gasteiger partial charge in [-0.2, -0.15) is 5.10 Å². The monoisotopic (exact) mass is 337 g/mol. The Labute approximate surface area is 144 Å². The van der Waals surface area contributed by atoms with Gasteiger partial charge in [-0.15, -0.1) is 0 Å². The van der Waals surface area contributed by atoms with Crippen LogP contribution in [-0.2, 0) is 13.5 Å². The quantitative estimate of drug-likeness (QED) is 0.725. The first kappa shape index (κ1) is 20.1. The van der Waals surface area contributed by atoms with E-state index in [4.69, 9.17) is 0 Å². The zero-order chi connectivity index (χ0) is 18.3. The number of halogens is 2. The van der Waals surface area contributed by atoms with Gasteiger partial charge in [0.2, 0.25) is 0 Å². The van der Waals surface area contributed by atoms with Gasteiger partial charge in [0.15, 0.2) is 0 Å². The van der Waals surface area contributed by atoms with E-state index in [1.807, 2.05) is 40.8 Å². The van der Waals surface area contributed by atoms with Crippen LogP contribution in [0.2, 0.25) is 0 Å². The fourth-order valence-corrected chi connectivity index (χ4v) is 2.82. The summed E-state index contributed by atoms with van der Waals surface area (Å²) in [5.74, 6) is 0. The smallest absolute Gasteiger partial charge is 0.264 e. The van der Waals surface area contributed by atoms with Crippen molar-refractivity contribution >= 4 is 5.69 Å². The number of nitrogens with zero attached hydrogens (tertiary/aromatic N) is 3. The van der Waals surface area contributed by atoms with Crippen molar-refractivity contribution in [1.82, 2.24) is 9.78 Å². The van der Waals surface area contributed by atoms with E-state index in [1.165, 1.54) is 0 Å². The molecule has 0 N–H and O–H groups in total. The number of hydrogen-bond donors (Lipinski definition) is 0. The van der Waals surface area contributed by atoms with Gasteiger partial charge in [0, 0.05) is 43.7 Å². The SMILES string of the molecule is CC.CC.CN1CCCc2cc(-c3cnn(C)c3)c(C(F)F)cc21. The molecule has 24 heavy (non-hydrogen) atoms. The van der Waals surface area contributed by atoms with Gasteiger partial charge in [-0.05, 0) is 36.1 Å². The van der Waals surface area contributed by atoms with Crippen LogP contribution in [-0.4, -0.2) is 23.4 Å². The van der Waals surface area contributed by atoms with Gasteiger partial charge in [-0.3, -0.25) is 4.68 Å². The molecule has 2 heterocycles. The van der Waals surface area contributed by atoms with Gasteiger partial charge in [-0.25, -0.2) is 8.78 Å². The summed E-state index contributed by atoms with van der Waals surface area (Å²) < 4.78 is 28.4. The fourth-order valence-electron chi connectivity index (χ4n) is 2.82. The van der Waals surface area contributed by atoms with Crippen molar-refractivity contribution in [2.45, 2.75) is 47.0 Å². The molecule has 0 amide bonds. The van der Waals surface area contributed by atoms with Gasteiger partial charge < -0.3 is 4.90 Å². The Balaban J connectivity index is 0.000000671. The molecule has 0 aliphatic carbocycles. The van der Waals surface area contributed by atoms with Gasteiger partial charge in [0.1, 0.15) is 0 Å². The average Bonchev–Trinajstić information content (AvgIpc) is 3.04. The predicted molar refractivity (Wildman–Crippen MR) is 97.9 cm³/mol. The van der Waals surface area contributed by atoms with Crippen molar-refractivity contribution in [3.8, 4) is 11.1 Å². The number of benzene rings is 1. The molecule has 0 unspecified atom stereocenters. The minimum absolute atomic E-state index is 0.0884. The molecule has 2 aromatic rings. The molecule has 1 aliphatic heterocycles. The van der Waals surface area contributed by atoms with Crippen LogP contribution < -0.4 is 4.90 Å². The molecule has 0 fully saturated rings. The van der Waals surface area contributed by atoms with Gasteiger partial charge >= 0.3 is 0 Å². The zero-order valence-electron chi connectivity index (χ0n) is 15.6. The van der Waals surface area contributed by atoms with E-state index in [2.05, 4.69) is 10.00 Å². The molecular weight excluding hydrogens is 308 g/mol. The van der Waals surface area contributed by atoms with Crippen molar-refractivity contribution < 1.29 is 8.78 Å². The van der Waals surface area contributed by atoms with E-state index in [0.717, 1.165) is 36.2 Å². The van der Waals surface area contributed by atoms with Crippen molar-refractivity contribution in [2.75, 3.05) is 18.5 Å². The summed E-state index contributed by atoms with van der Waals surface area (Å²) in [6.45, 7) is 8.92. The van der Waals surface area contributed by atoms with Crippen LogP contribution in [0.25, 0.3) is 11.1 Å². The lowest BCUT2D eigenvalue weighted by Gasteiger charge is -2.29. The minimum Gasteiger partial charge on any atom is -0.374 e. The second-order valence-electron chi connectivity index (χ2n) is 5.30. The molecule has 0 saturated carbocycles. The highest BCUT2D eigenvalue weighted by Gasteiger charge is 2.22. The Bertz CT molecular complexity index is 636. The van der Waals surface area contributed by atoms with Crippen molar-refractivity contribution in [1.29, 1.82) is 0 Å². The normalized spacial score (nSPS) is 12.8. The number of alkyl halides is 2. The molecule has 0 radical (unpaired) electrons. The van der Waals surface area contributed by atoms with E-state index in [9.17, 15) is 8.78 Å². The first-order valence-corrected chi connectivity index (χ1v) is 8.71. The summed E-state index contributed by atoms with van der Waals surface area (Å²) in [6, 6.07) is 3.55. The molecule has 3 rings (SSSR count). The maximum Gasteiger partial charge on any atom is 0.264 e. The fraction of sp³-hybridized carbons (Fsp3) is 0.526. The predicted octanol–water partition coefficient (Wildman–Crippen LogP) is 5.46. The number of anilines is 1. The molecule has 0 spiro atoms. The van der Waals surface area contributed by atoms with Crippen LogP contribution in [0.1, 0.15) is 51.7 Å². The van der Waals surface area contributed by atoms with Crippen LogP contribution in [0.15, 0.2) is 24.5 Å². The van der Waals surface area contributed by atoms with Crippen LogP contribution in [0.4, 0.5) is 14.5 Å². The van der Waals surface area contributed by atoms with Gasteiger partial charge in [0.05, 0.1) is 6.20 Å². The lowest BCUT2D eigenvalue weighted by atomic mass is 9.93. The minimum atomic E-state index is -2.48. The Morgan fingerprint density at radius 2 is 1.75 bits per heavy atom. The van der Waals surface area contributed by atoms with Crippen molar-refractivity contribution in [2.24, 2.45) is 7.05 Å². The van der Waals surface area contributed by atoms with Crippen molar-refractivity contribution in [3.05, 3.63) is 35.7 Å². The molecular formula is C19H29F2N3. The van der Waals surface area contributed by atoms with E-state index in [0.29, 0.717) is 5.56 Å². The first-order chi connectivity index (χ1) is 11.6. The van der Waals surface area contributed by atoms with Crippen LogP contribution in [0.5, 0.6) is 0 Å². The highest BCUT2D eigenvalue weighted by atomic mass is 19.3. The zero-order valence-corrected chi connectivity index (χ0v) is 15.6. The summed E-state index contributed by atoms with van der Waals surface area (Å²) in [6.07, 6.45) is 2.94. The summed E-state index contributed by atoms with van der Waals surface area (Å²) in [7, 11) is 3.74. The highest BCUT2D eigenvalue weighted by molar-refractivity contribution is 5.73. The number of aromatic nitrogens is 2. The molecule has 5 heteroatoms. The Kier molecular flexibility index (Phi) is 7.89. The molecule has 1 aliphatic rings. The molecule has 3 nitrogen and oxygen atoms in total. The number of fused-ring (bicyclic) bond motifs is 1. The molecule has 1 aromatic heterocycles. The Hall–Kier alpha value is -1.91.